The number of aliphatic carboxylic acids is 1. The van der Waals surface area contributed by atoms with E-state index < -0.39 is 5.97 Å². The number of fused-ring (bicyclic) bond motifs is 1. The fraction of sp³-hybridized carbons (Fsp3) is 0.533. The van der Waals surface area contributed by atoms with Gasteiger partial charge in [-0.2, -0.15) is 0 Å². The lowest BCUT2D eigenvalue weighted by Gasteiger charge is -2.26. The molecule has 0 heterocycles. The second-order valence-electron chi connectivity index (χ2n) is 5.19. The standard InChI is InChI=1S/C15H20ClNO3/c1-20-15-11(16)8-9-4-2-3-5-10(9)14(15)12(17)6-7-13(18)19/h8,12H,2-7,17H2,1H3,(H,18,19). The molecule has 1 unspecified atom stereocenters. The van der Waals surface area contributed by atoms with Crippen molar-refractivity contribution in [1.29, 1.82) is 0 Å². The molecule has 1 aromatic carbocycles. The molecule has 0 radical (unpaired) electrons. The van der Waals surface area contributed by atoms with Gasteiger partial charge in [0.05, 0.1) is 12.1 Å². The Bertz CT molecular complexity index is 516. The Morgan fingerprint density at radius 2 is 2.20 bits per heavy atom. The molecule has 0 saturated heterocycles. The maximum Gasteiger partial charge on any atom is 0.303 e. The number of hydrogen-bond acceptors (Lipinski definition) is 3. The van der Waals surface area contributed by atoms with Crippen LogP contribution in [0.25, 0.3) is 0 Å². The molecule has 3 N–H and O–H groups in total. The first-order chi connectivity index (χ1) is 9.54. The van der Waals surface area contributed by atoms with E-state index in [4.69, 9.17) is 27.2 Å². The van der Waals surface area contributed by atoms with Gasteiger partial charge in [0.25, 0.3) is 0 Å². The van der Waals surface area contributed by atoms with Gasteiger partial charge in [-0.25, -0.2) is 0 Å². The number of ether oxygens (including phenoxy) is 1. The Balaban J connectivity index is 2.42. The van der Waals surface area contributed by atoms with Crippen LogP contribution in [-0.4, -0.2) is 18.2 Å². The molecule has 1 atom stereocenters. The highest BCUT2D eigenvalue weighted by atomic mass is 35.5. The smallest absolute Gasteiger partial charge is 0.303 e. The first-order valence-electron chi connectivity index (χ1n) is 6.90. The van der Waals surface area contributed by atoms with Crippen molar-refractivity contribution in [2.75, 3.05) is 7.11 Å². The summed E-state index contributed by atoms with van der Waals surface area (Å²) in [5, 5.41) is 9.38. The van der Waals surface area contributed by atoms with Gasteiger partial charge in [-0.3, -0.25) is 4.79 Å². The first-order valence-corrected chi connectivity index (χ1v) is 7.28. The average Bonchev–Trinajstić information content (AvgIpc) is 2.43. The van der Waals surface area contributed by atoms with Crippen LogP contribution in [0, 0.1) is 0 Å². The second-order valence-corrected chi connectivity index (χ2v) is 5.60. The minimum Gasteiger partial charge on any atom is -0.495 e. The number of methoxy groups -OCH3 is 1. The molecule has 0 fully saturated rings. The van der Waals surface area contributed by atoms with Crippen LogP contribution in [0.1, 0.15) is 48.4 Å². The summed E-state index contributed by atoms with van der Waals surface area (Å²) in [5.41, 5.74) is 9.54. The predicted molar refractivity (Wildman–Crippen MR) is 78.4 cm³/mol. The van der Waals surface area contributed by atoms with E-state index in [2.05, 4.69) is 0 Å². The zero-order valence-corrected chi connectivity index (χ0v) is 12.4. The van der Waals surface area contributed by atoms with Crippen LogP contribution in [0.4, 0.5) is 0 Å². The lowest BCUT2D eigenvalue weighted by atomic mass is 9.84. The van der Waals surface area contributed by atoms with Gasteiger partial charge in [-0.15, -0.1) is 0 Å². The van der Waals surface area contributed by atoms with Gasteiger partial charge in [0.15, 0.2) is 0 Å². The van der Waals surface area contributed by atoms with E-state index in [1.807, 2.05) is 6.07 Å². The quantitative estimate of drug-likeness (QED) is 0.876. The van der Waals surface area contributed by atoms with Crippen LogP contribution in [0.15, 0.2) is 6.07 Å². The Morgan fingerprint density at radius 3 is 2.85 bits per heavy atom. The molecule has 20 heavy (non-hydrogen) atoms. The summed E-state index contributed by atoms with van der Waals surface area (Å²) < 4.78 is 5.41. The average molecular weight is 298 g/mol. The Morgan fingerprint density at radius 1 is 1.50 bits per heavy atom. The highest BCUT2D eigenvalue weighted by Gasteiger charge is 2.24. The van der Waals surface area contributed by atoms with Gasteiger partial charge in [-0.1, -0.05) is 11.6 Å². The number of benzene rings is 1. The van der Waals surface area contributed by atoms with E-state index in [9.17, 15) is 4.79 Å². The number of nitrogens with two attached hydrogens (primary N) is 1. The number of aryl methyl sites for hydroxylation is 1. The minimum absolute atomic E-state index is 0.0472. The van der Waals surface area contributed by atoms with Crippen LogP contribution in [0.3, 0.4) is 0 Å². The summed E-state index contributed by atoms with van der Waals surface area (Å²) in [6.45, 7) is 0. The van der Waals surface area contributed by atoms with Crippen molar-refractivity contribution in [3.63, 3.8) is 0 Å². The molecule has 0 bridgehead atoms. The lowest BCUT2D eigenvalue weighted by molar-refractivity contribution is -0.137. The number of halogens is 1. The SMILES string of the molecule is COc1c(Cl)cc2c(c1C(N)CCC(=O)O)CCCC2. The van der Waals surface area contributed by atoms with Crippen LogP contribution >= 0.6 is 11.6 Å². The van der Waals surface area contributed by atoms with E-state index in [0.29, 0.717) is 17.2 Å². The molecule has 0 saturated carbocycles. The molecule has 1 aromatic rings. The lowest BCUT2D eigenvalue weighted by Crippen LogP contribution is -2.18. The molecule has 5 heteroatoms. The van der Waals surface area contributed by atoms with Crippen LogP contribution in [-0.2, 0) is 17.6 Å². The van der Waals surface area contributed by atoms with Crippen molar-refractivity contribution in [3.8, 4) is 5.75 Å². The van der Waals surface area contributed by atoms with Gasteiger partial charge in [0.2, 0.25) is 0 Å². The maximum atomic E-state index is 10.7. The van der Waals surface area contributed by atoms with E-state index in [1.165, 1.54) is 11.1 Å². The van der Waals surface area contributed by atoms with Crippen molar-refractivity contribution in [3.05, 3.63) is 27.8 Å². The summed E-state index contributed by atoms with van der Waals surface area (Å²) in [7, 11) is 1.57. The maximum absolute atomic E-state index is 10.7. The number of rotatable bonds is 5. The first kappa shape index (κ1) is 15.1. The van der Waals surface area contributed by atoms with Crippen LogP contribution in [0.2, 0.25) is 5.02 Å². The highest BCUT2D eigenvalue weighted by Crippen LogP contribution is 2.40. The number of carboxylic acid groups (broad SMARTS) is 1. The fourth-order valence-electron chi connectivity index (χ4n) is 2.90. The van der Waals surface area contributed by atoms with E-state index in [-0.39, 0.29) is 12.5 Å². The molecule has 1 aliphatic rings. The van der Waals surface area contributed by atoms with Gasteiger partial charge < -0.3 is 15.6 Å². The largest absolute Gasteiger partial charge is 0.495 e. The molecular weight excluding hydrogens is 278 g/mol. The summed E-state index contributed by atoms with van der Waals surface area (Å²) in [6.07, 6.45) is 4.66. The zero-order valence-electron chi connectivity index (χ0n) is 11.6. The Labute approximate surface area is 123 Å². The van der Waals surface area contributed by atoms with Crippen LogP contribution in [0.5, 0.6) is 5.75 Å². The van der Waals surface area contributed by atoms with E-state index >= 15 is 0 Å². The van der Waals surface area contributed by atoms with Crippen molar-refractivity contribution >= 4 is 17.6 Å². The van der Waals surface area contributed by atoms with E-state index in [0.717, 1.165) is 31.2 Å². The zero-order chi connectivity index (χ0) is 14.7. The number of hydrogen-bond donors (Lipinski definition) is 2. The molecule has 0 spiro atoms. The highest BCUT2D eigenvalue weighted by molar-refractivity contribution is 6.32. The third-order valence-corrected chi connectivity index (χ3v) is 4.12. The molecule has 0 amide bonds. The third kappa shape index (κ3) is 3.07. The summed E-state index contributed by atoms with van der Waals surface area (Å²) in [6, 6.07) is 1.61. The van der Waals surface area contributed by atoms with Crippen molar-refractivity contribution < 1.29 is 14.6 Å². The molecule has 4 nitrogen and oxygen atoms in total. The van der Waals surface area contributed by atoms with Crippen molar-refractivity contribution in [1.82, 2.24) is 0 Å². The van der Waals surface area contributed by atoms with Gasteiger partial charge >= 0.3 is 5.97 Å². The van der Waals surface area contributed by atoms with Gasteiger partial charge in [0.1, 0.15) is 5.75 Å². The molecule has 0 aliphatic heterocycles. The van der Waals surface area contributed by atoms with E-state index in [1.54, 1.807) is 7.11 Å². The summed E-state index contributed by atoms with van der Waals surface area (Å²) in [4.78, 5) is 10.7. The molecular formula is C15H20ClNO3. The number of carbonyl (C=O) groups is 1. The third-order valence-electron chi connectivity index (χ3n) is 3.84. The normalized spacial score (nSPS) is 15.6. The molecule has 1 aliphatic carbocycles. The molecule has 2 rings (SSSR count). The second kappa shape index (κ2) is 6.46. The molecule has 0 aromatic heterocycles. The van der Waals surface area contributed by atoms with Crippen molar-refractivity contribution in [2.24, 2.45) is 5.73 Å². The number of carboxylic acids is 1. The fourth-order valence-corrected chi connectivity index (χ4v) is 3.21. The Kier molecular flexibility index (Phi) is 4.89. The summed E-state index contributed by atoms with van der Waals surface area (Å²) >= 11 is 6.28. The summed E-state index contributed by atoms with van der Waals surface area (Å²) in [5.74, 6) is -0.236. The predicted octanol–water partition coefficient (Wildman–Crippen LogP) is 3.09. The van der Waals surface area contributed by atoms with Crippen LogP contribution < -0.4 is 10.5 Å². The van der Waals surface area contributed by atoms with Gasteiger partial charge in [0, 0.05) is 18.0 Å². The van der Waals surface area contributed by atoms with Crippen molar-refractivity contribution in [2.45, 2.75) is 44.6 Å². The van der Waals surface area contributed by atoms with Gasteiger partial charge in [-0.05, 0) is 49.3 Å². The Hall–Kier alpha value is -1.26. The monoisotopic (exact) mass is 297 g/mol. The molecule has 110 valence electrons. The minimum atomic E-state index is -0.838. The topological polar surface area (TPSA) is 72.5 Å².